The number of hydrogen-bond acceptors (Lipinski definition) is 2. The van der Waals surface area contributed by atoms with Crippen molar-refractivity contribution in [1.82, 2.24) is 0 Å². The van der Waals surface area contributed by atoms with Gasteiger partial charge in [-0.05, 0) is 24.5 Å². The van der Waals surface area contributed by atoms with Crippen LogP contribution in [0.2, 0.25) is 0 Å². The lowest BCUT2D eigenvalue weighted by molar-refractivity contribution is 0.465. The first-order valence-electron chi connectivity index (χ1n) is 4.22. The molecule has 2 heteroatoms. The van der Waals surface area contributed by atoms with Crippen LogP contribution in [0.15, 0.2) is 12.7 Å². The van der Waals surface area contributed by atoms with Gasteiger partial charge < -0.3 is 5.73 Å². The number of nitrogens with two attached hydrogens (primary N) is 1. The van der Waals surface area contributed by atoms with Crippen molar-refractivity contribution in [3.63, 3.8) is 0 Å². The Bertz CT molecular complexity index is 138. The lowest BCUT2D eigenvalue weighted by atomic mass is 9.89. The predicted molar refractivity (Wildman–Crippen MR) is 52.8 cm³/mol. The molecule has 0 bridgehead atoms. The maximum Gasteiger partial charge on any atom is 0.0342 e. The normalized spacial score (nSPS) is 33.6. The molecule has 0 aromatic rings. The lowest BCUT2D eigenvalue weighted by Gasteiger charge is -2.31. The zero-order valence-electron chi connectivity index (χ0n) is 7.18. The molecule has 0 spiro atoms. The van der Waals surface area contributed by atoms with Gasteiger partial charge in [0.25, 0.3) is 0 Å². The molecular weight excluding hydrogens is 154 g/mol. The van der Waals surface area contributed by atoms with Crippen LogP contribution in [0.1, 0.15) is 19.8 Å². The predicted octanol–water partition coefficient (Wildman–Crippen LogP) is 2.03. The molecule has 0 aliphatic carbocycles. The Balaban J connectivity index is 2.65. The highest BCUT2D eigenvalue weighted by Gasteiger charge is 2.36. The van der Waals surface area contributed by atoms with Gasteiger partial charge in [-0.25, -0.2) is 0 Å². The molecule has 2 N–H and O–H groups in total. The van der Waals surface area contributed by atoms with Crippen molar-refractivity contribution < 1.29 is 0 Å². The number of thioether (sulfide) groups is 1. The average molecular weight is 171 g/mol. The van der Waals surface area contributed by atoms with E-state index < -0.39 is 0 Å². The van der Waals surface area contributed by atoms with Crippen LogP contribution in [0.5, 0.6) is 0 Å². The summed E-state index contributed by atoms with van der Waals surface area (Å²) in [5.74, 6) is 1.83. The fourth-order valence-corrected chi connectivity index (χ4v) is 3.10. The van der Waals surface area contributed by atoms with E-state index in [1.165, 1.54) is 18.6 Å². The summed E-state index contributed by atoms with van der Waals surface area (Å²) in [6.07, 6.45) is 4.62. The number of allylic oxidation sites excluding steroid dienone is 1. The maximum atomic E-state index is 5.78. The molecule has 2 atom stereocenters. The molecule has 0 amide bonds. The van der Waals surface area contributed by atoms with Crippen molar-refractivity contribution in [3.8, 4) is 0 Å². The van der Waals surface area contributed by atoms with Crippen LogP contribution >= 0.6 is 11.8 Å². The molecule has 1 aliphatic heterocycles. The second-order valence-corrected chi connectivity index (χ2v) is 4.76. The Kier molecular flexibility index (Phi) is 3.02. The minimum atomic E-state index is 0.321. The zero-order valence-corrected chi connectivity index (χ0v) is 7.99. The van der Waals surface area contributed by atoms with E-state index in [1.54, 1.807) is 0 Å². The van der Waals surface area contributed by atoms with Crippen LogP contribution in [0.25, 0.3) is 0 Å². The molecule has 1 saturated heterocycles. The maximum absolute atomic E-state index is 5.78. The van der Waals surface area contributed by atoms with Gasteiger partial charge in [-0.3, -0.25) is 0 Å². The van der Waals surface area contributed by atoms with E-state index >= 15 is 0 Å². The van der Waals surface area contributed by atoms with E-state index in [2.05, 4.69) is 13.5 Å². The summed E-state index contributed by atoms with van der Waals surface area (Å²) in [5, 5.41) is 0. The van der Waals surface area contributed by atoms with Crippen molar-refractivity contribution in [2.24, 2.45) is 11.7 Å². The Labute approximate surface area is 73.4 Å². The summed E-state index contributed by atoms with van der Waals surface area (Å²) < 4.78 is 0.321. The Morgan fingerprint density at radius 2 is 2.55 bits per heavy atom. The molecule has 1 rings (SSSR count). The van der Waals surface area contributed by atoms with E-state index in [9.17, 15) is 0 Å². The summed E-state index contributed by atoms with van der Waals surface area (Å²) in [6.45, 7) is 6.85. The van der Waals surface area contributed by atoms with Crippen molar-refractivity contribution in [1.29, 1.82) is 0 Å². The first kappa shape index (κ1) is 9.14. The Hall–Kier alpha value is 0.0500. The largest absolute Gasteiger partial charge is 0.329 e. The van der Waals surface area contributed by atoms with Crippen LogP contribution in [0, 0.1) is 5.92 Å². The fourth-order valence-electron chi connectivity index (χ4n) is 1.64. The summed E-state index contributed by atoms with van der Waals surface area (Å²) >= 11 is 2.03. The third kappa shape index (κ3) is 1.62. The molecule has 1 fully saturated rings. The van der Waals surface area contributed by atoms with E-state index in [-0.39, 0.29) is 0 Å². The highest BCUT2D eigenvalue weighted by molar-refractivity contribution is 8.00. The average Bonchev–Trinajstić information content (AvgIpc) is 2.52. The van der Waals surface area contributed by atoms with Gasteiger partial charge >= 0.3 is 0 Å². The quantitative estimate of drug-likeness (QED) is 0.658. The van der Waals surface area contributed by atoms with Gasteiger partial charge in [0.05, 0.1) is 0 Å². The molecule has 0 aromatic carbocycles. The van der Waals surface area contributed by atoms with Crippen molar-refractivity contribution in [2.45, 2.75) is 24.5 Å². The van der Waals surface area contributed by atoms with Gasteiger partial charge in [-0.2, -0.15) is 11.8 Å². The summed E-state index contributed by atoms with van der Waals surface area (Å²) in [4.78, 5) is 0. The molecule has 1 aliphatic rings. The minimum Gasteiger partial charge on any atom is -0.329 e. The molecule has 0 saturated carbocycles. The monoisotopic (exact) mass is 171 g/mol. The molecule has 0 aromatic heterocycles. The van der Waals surface area contributed by atoms with Gasteiger partial charge in [0.1, 0.15) is 0 Å². The highest BCUT2D eigenvalue weighted by atomic mass is 32.2. The SMILES string of the molecule is C=CC(C)C1(CN)CCCS1. The number of hydrogen-bond donors (Lipinski definition) is 1. The summed E-state index contributed by atoms with van der Waals surface area (Å²) in [7, 11) is 0. The highest BCUT2D eigenvalue weighted by Crippen LogP contribution is 2.43. The van der Waals surface area contributed by atoms with Gasteiger partial charge in [0.2, 0.25) is 0 Å². The van der Waals surface area contributed by atoms with Crippen LogP contribution in [-0.2, 0) is 0 Å². The molecule has 1 nitrogen and oxygen atoms in total. The Morgan fingerprint density at radius 3 is 2.91 bits per heavy atom. The van der Waals surface area contributed by atoms with Gasteiger partial charge in [-0.15, -0.1) is 6.58 Å². The van der Waals surface area contributed by atoms with E-state index in [0.29, 0.717) is 10.7 Å². The van der Waals surface area contributed by atoms with Crippen molar-refractivity contribution in [3.05, 3.63) is 12.7 Å². The van der Waals surface area contributed by atoms with Gasteiger partial charge in [0.15, 0.2) is 0 Å². The first-order valence-corrected chi connectivity index (χ1v) is 5.20. The third-order valence-corrected chi connectivity index (χ3v) is 4.47. The fraction of sp³-hybridized carbons (Fsp3) is 0.778. The standard InChI is InChI=1S/C9H17NS/c1-3-8(2)9(7-10)5-4-6-11-9/h3,8H,1,4-7,10H2,2H3. The van der Waals surface area contributed by atoms with E-state index in [0.717, 1.165) is 6.54 Å². The zero-order chi connectivity index (χ0) is 8.32. The molecular formula is C9H17NS. The third-order valence-electron chi connectivity index (χ3n) is 2.66. The second kappa shape index (κ2) is 3.63. The lowest BCUT2D eigenvalue weighted by Crippen LogP contribution is -2.37. The van der Waals surface area contributed by atoms with Gasteiger partial charge in [0, 0.05) is 11.3 Å². The minimum absolute atomic E-state index is 0.321. The summed E-state index contributed by atoms with van der Waals surface area (Å²) in [6, 6.07) is 0. The molecule has 11 heavy (non-hydrogen) atoms. The molecule has 2 unspecified atom stereocenters. The smallest absolute Gasteiger partial charge is 0.0342 e. The molecule has 0 radical (unpaired) electrons. The van der Waals surface area contributed by atoms with E-state index in [4.69, 9.17) is 5.73 Å². The Morgan fingerprint density at radius 1 is 1.82 bits per heavy atom. The summed E-state index contributed by atoms with van der Waals surface area (Å²) in [5.41, 5.74) is 5.78. The van der Waals surface area contributed by atoms with E-state index in [1.807, 2.05) is 17.8 Å². The van der Waals surface area contributed by atoms with Crippen LogP contribution in [-0.4, -0.2) is 17.0 Å². The van der Waals surface area contributed by atoms with Crippen molar-refractivity contribution >= 4 is 11.8 Å². The van der Waals surface area contributed by atoms with Crippen molar-refractivity contribution in [2.75, 3.05) is 12.3 Å². The van der Waals surface area contributed by atoms with Crippen LogP contribution in [0.3, 0.4) is 0 Å². The molecule has 1 heterocycles. The first-order chi connectivity index (χ1) is 5.25. The van der Waals surface area contributed by atoms with Crippen LogP contribution < -0.4 is 5.73 Å². The van der Waals surface area contributed by atoms with Crippen LogP contribution in [0.4, 0.5) is 0 Å². The second-order valence-electron chi connectivity index (χ2n) is 3.25. The molecule has 64 valence electrons. The number of rotatable bonds is 3. The van der Waals surface area contributed by atoms with Gasteiger partial charge in [-0.1, -0.05) is 13.0 Å². The topological polar surface area (TPSA) is 26.0 Å².